The van der Waals surface area contributed by atoms with Gasteiger partial charge in [0, 0.05) is 22.3 Å². The van der Waals surface area contributed by atoms with Gasteiger partial charge in [0.25, 0.3) is 0 Å². The van der Waals surface area contributed by atoms with Crippen LogP contribution in [0.3, 0.4) is 0 Å². The lowest BCUT2D eigenvalue weighted by atomic mass is 10.4. The van der Waals surface area contributed by atoms with Crippen molar-refractivity contribution in [2.45, 2.75) is 37.3 Å². The van der Waals surface area contributed by atoms with Gasteiger partial charge in [-0.3, -0.25) is 0 Å². The highest BCUT2D eigenvalue weighted by molar-refractivity contribution is 7.89. The first-order valence-electron chi connectivity index (χ1n) is 5.83. The minimum atomic E-state index is -3.46. The third-order valence-electron chi connectivity index (χ3n) is 2.93. The van der Waals surface area contributed by atoms with Crippen molar-refractivity contribution in [1.29, 1.82) is 0 Å². The van der Waals surface area contributed by atoms with Gasteiger partial charge in [-0.2, -0.15) is 4.31 Å². The van der Waals surface area contributed by atoms with Crippen molar-refractivity contribution in [2.75, 3.05) is 6.54 Å². The molecule has 1 aliphatic rings. The molecule has 0 amide bonds. The van der Waals surface area contributed by atoms with Crippen molar-refractivity contribution >= 4 is 21.4 Å². The Morgan fingerprint density at radius 2 is 2.28 bits per heavy atom. The van der Waals surface area contributed by atoms with Crippen LogP contribution in [0.2, 0.25) is 0 Å². The molecular weight excluding hydrogens is 270 g/mol. The van der Waals surface area contributed by atoms with Gasteiger partial charge in [-0.05, 0) is 25.8 Å². The number of aliphatic hydroxyl groups excluding tert-OH is 1. The normalized spacial score (nSPS) is 16.2. The van der Waals surface area contributed by atoms with Crippen LogP contribution in [0.1, 0.15) is 22.6 Å². The predicted octanol–water partition coefficient (Wildman–Crippen LogP) is 1.89. The second-order valence-electron chi connectivity index (χ2n) is 4.39. The summed E-state index contributed by atoms with van der Waals surface area (Å²) in [7, 11) is -3.46. The first-order valence-corrected chi connectivity index (χ1v) is 8.09. The summed E-state index contributed by atoms with van der Waals surface area (Å²) in [6, 6.07) is 1.69. The van der Waals surface area contributed by atoms with Gasteiger partial charge < -0.3 is 5.11 Å². The van der Waals surface area contributed by atoms with Crippen LogP contribution < -0.4 is 0 Å². The Kier molecular flexibility index (Phi) is 3.91. The Bertz CT molecular complexity index is 544. The second kappa shape index (κ2) is 5.13. The number of nitrogens with zero attached hydrogens (tertiary/aromatic N) is 1. The monoisotopic (exact) mass is 287 g/mol. The van der Waals surface area contributed by atoms with Crippen molar-refractivity contribution in [1.82, 2.24) is 4.31 Å². The van der Waals surface area contributed by atoms with Gasteiger partial charge in [-0.1, -0.05) is 6.08 Å². The van der Waals surface area contributed by atoms with Crippen molar-refractivity contribution in [3.05, 3.63) is 28.5 Å². The largest absolute Gasteiger partial charge is 0.391 e. The summed E-state index contributed by atoms with van der Waals surface area (Å²) >= 11 is 1.33. The topological polar surface area (TPSA) is 57.6 Å². The average Bonchev–Trinajstić information content (AvgIpc) is 3.08. The van der Waals surface area contributed by atoms with Gasteiger partial charge in [0.1, 0.15) is 0 Å². The Morgan fingerprint density at radius 3 is 2.72 bits per heavy atom. The van der Waals surface area contributed by atoms with Crippen LogP contribution in [0, 0.1) is 6.92 Å². The van der Waals surface area contributed by atoms with E-state index in [1.165, 1.54) is 15.6 Å². The van der Waals surface area contributed by atoms with E-state index < -0.39 is 10.0 Å². The number of aryl methyl sites for hydroxylation is 1. The molecule has 1 aromatic heterocycles. The van der Waals surface area contributed by atoms with E-state index in [0.717, 1.165) is 17.7 Å². The van der Waals surface area contributed by atoms with Gasteiger partial charge in [-0.25, -0.2) is 8.42 Å². The third kappa shape index (κ3) is 2.51. The molecule has 0 aliphatic heterocycles. The summed E-state index contributed by atoms with van der Waals surface area (Å²) in [4.78, 5) is 1.74. The lowest BCUT2D eigenvalue weighted by Gasteiger charge is -2.19. The van der Waals surface area contributed by atoms with Gasteiger partial charge in [0.05, 0.1) is 11.5 Å². The van der Waals surface area contributed by atoms with Crippen LogP contribution in [0.25, 0.3) is 0 Å². The SMILES string of the molecule is C=CCN(C1CC1)S(=O)(=O)c1cc(CO)sc1C. The zero-order chi connectivity index (χ0) is 13.3. The lowest BCUT2D eigenvalue weighted by molar-refractivity contribution is 0.285. The molecule has 2 rings (SSSR count). The van der Waals surface area contributed by atoms with E-state index in [9.17, 15) is 8.42 Å². The second-order valence-corrected chi connectivity index (χ2v) is 7.59. The van der Waals surface area contributed by atoms with Crippen LogP contribution in [-0.2, 0) is 16.6 Å². The summed E-state index contributed by atoms with van der Waals surface area (Å²) in [5.41, 5.74) is 0. The summed E-state index contributed by atoms with van der Waals surface area (Å²) < 4.78 is 26.6. The molecule has 6 heteroatoms. The van der Waals surface area contributed by atoms with E-state index in [0.29, 0.717) is 16.3 Å². The smallest absolute Gasteiger partial charge is 0.244 e. The Balaban J connectivity index is 2.38. The highest BCUT2D eigenvalue weighted by atomic mass is 32.2. The number of hydrogen-bond donors (Lipinski definition) is 1. The molecule has 0 atom stereocenters. The van der Waals surface area contributed by atoms with Gasteiger partial charge >= 0.3 is 0 Å². The summed E-state index contributed by atoms with van der Waals surface area (Å²) in [6.45, 7) is 5.62. The maximum Gasteiger partial charge on any atom is 0.244 e. The maximum atomic E-state index is 12.6. The van der Waals surface area contributed by atoms with Crippen LogP contribution in [0.15, 0.2) is 23.6 Å². The molecule has 4 nitrogen and oxygen atoms in total. The molecule has 1 saturated carbocycles. The number of hydrogen-bond acceptors (Lipinski definition) is 4. The summed E-state index contributed by atoms with van der Waals surface area (Å²) in [5, 5.41) is 9.09. The highest BCUT2D eigenvalue weighted by Crippen LogP contribution is 2.35. The van der Waals surface area contributed by atoms with Crippen LogP contribution in [0.4, 0.5) is 0 Å². The van der Waals surface area contributed by atoms with Crippen LogP contribution in [0.5, 0.6) is 0 Å². The van der Waals surface area contributed by atoms with Crippen molar-refractivity contribution in [2.24, 2.45) is 0 Å². The molecule has 1 fully saturated rings. The van der Waals surface area contributed by atoms with E-state index in [4.69, 9.17) is 5.11 Å². The molecule has 18 heavy (non-hydrogen) atoms. The molecule has 1 aliphatic carbocycles. The van der Waals surface area contributed by atoms with Gasteiger partial charge in [0.2, 0.25) is 10.0 Å². The molecule has 0 bridgehead atoms. The summed E-state index contributed by atoms with van der Waals surface area (Å²) in [6.07, 6.45) is 3.46. The molecule has 100 valence electrons. The first-order chi connectivity index (χ1) is 8.50. The van der Waals surface area contributed by atoms with Crippen molar-refractivity contribution in [3.63, 3.8) is 0 Å². The van der Waals surface area contributed by atoms with E-state index in [2.05, 4.69) is 6.58 Å². The molecule has 0 unspecified atom stereocenters. The van der Waals surface area contributed by atoms with E-state index in [1.807, 2.05) is 0 Å². The molecule has 0 aromatic carbocycles. The van der Waals surface area contributed by atoms with Gasteiger partial charge in [0.15, 0.2) is 0 Å². The van der Waals surface area contributed by atoms with Gasteiger partial charge in [-0.15, -0.1) is 17.9 Å². The average molecular weight is 287 g/mol. The maximum absolute atomic E-state index is 12.6. The minimum Gasteiger partial charge on any atom is -0.391 e. The minimum absolute atomic E-state index is 0.116. The Morgan fingerprint density at radius 1 is 1.61 bits per heavy atom. The zero-order valence-electron chi connectivity index (χ0n) is 10.3. The van der Waals surface area contributed by atoms with Crippen molar-refractivity contribution < 1.29 is 13.5 Å². The molecule has 0 saturated heterocycles. The standard InChI is InChI=1S/C12H17NO3S2/c1-3-6-13(10-4-5-10)18(15,16)12-7-11(8-14)17-9(12)2/h3,7,10,14H,1,4-6,8H2,2H3. The molecule has 0 spiro atoms. The Hall–Kier alpha value is -0.690. The van der Waals surface area contributed by atoms with Crippen LogP contribution in [-0.4, -0.2) is 30.4 Å². The molecule has 1 aromatic rings. The van der Waals surface area contributed by atoms with E-state index >= 15 is 0 Å². The van der Waals surface area contributed by atoms with E-state index in [-0.39, 0.29) is 12.6 Å². The van der Waals surface area contributed by atoms with Crippen LogP contribution >= 0.6 is 11.3 Å². The fourth-order valence-electron chi connectivity index (χ4n) is 1.92. The highest BCUT2D eigenvalue weighted by Gasteiger charge is 2.38. The number of thiophene rings is 1. The fourth-order valence-corrected chi connectivity index (χ4v) is 5.04. The summed E-state index contributed by atoms with van der Waals surface area (Å²) in [5.74, 6) is 0. The molecule has 1 N–H and O–H groups in total. The first kappa shape index (κ1) is 13.7. The number of rotatable bonds is 6. The Labute approximate surface area is 112 Å². The van der Waals surface area contributed by atoms with E-state index in [1.54, 1.807) is 19.1 Å². The van der Waals surface area contributed by atoms with Crippen molar-refractivity contribution in [3.8, 4) is 0 Å². The number of aliphatic hydroxyl groups is 1. The zero-order valence-corrected chi connectivity index (χ0v) is 11.9. The number of sulfonamides is 1. The lowest BCUT2D eigenvalue weighted by Crippen LogP contribution is -2.33. The molecule has 1 heterocycles. The molecular formula is C12H17NO3S2. The predicted molar refractivity (Wildman–Crippen MR) is 72.1 cm³/mol. The third-order valence-corrected chi connectivity index (χ3v) is 6.14. The fraction of sp³-hybridized carbons (Fsp3) is 0.500. The molecule has 0 radical (unpaired) electrons. The quantitative estimate of drug-likeness (QED) is 0.813.